The molecule has 0 radical (unpaired) electrons. The second kappa shape index (κ2) is 7.44. The molecule has 1 aliphatic rings. The van der Waals surface area contributed by atoms with E-state index in [2.05, 4.69) is 64.2 Å². The minimum Gasteiger partial charge on any atom is -0.384 e. The molecular weight excluding hydrogens is 306 g/mol. The van der Waals surface area contributed by atoms with E-state index in [-0.39, 0.29) is 0 Å². The van der Waals surface area contributed by atoms with Crippen molar-refractivity contribution in [2.45, 2.75) is 37.9 Å². The fraction of sp³-hybridized carbons (Fsp3) is 0.600. The van der Waals surface area contributed by atoms with Crippen LogP contribution in [0.5, 0.6) is 0 Å². The van der Waals surface area contributed by atoms with Gasteiger partial charge in [-0.3, -0.25) is 0 Å². The van der Waals surface area contributed by atoms with Crippen LogP contribution in [0.15, 0.2) is 28.7 Å². The Morgan fingerprint density at radius 2 is 2.06 bits per heavy atom. The molecule has 0 heterocycles. The first-order chi connectivity index (χ1) is 8.74. The summed E-state index contributed by atoms with van der Waals surface area (Å²) in [5.41, 5.74) is 1.22. The van der Waals surface area contributed by atoms with E-state index in [1.54, 1.807) is 0 Å². The maximum atomic E-state index is 3.48. The van der Waals surface area contributed by atoms with Gasteiger partial charge in [0.2, 0.25) is 0 Å². The van der Waals surface area contributed by atoms with Crippen molar-refractivity contribution < 1.29 is 0 Å². The molecule has 0 aliphatic heterocycles. The van der Waals surface area contributed by atoms with Gasteiger partial charge < -0.3 is 5.32 Å². The Hall–Kier alpha value is -0.150. The van der Waals surface area contributed by atoms with Crippen LogP contribution >= 0.6 is 27.7 Å². The lowest BCUT2D eigenvalue weighted by atomic mass is 9.91. The van der Waals surface area contributed by atoms with Crippen LogP contribution in [0.1, 0.15) is 32.6 Å². The highest BCUT2D eigenvalue weighted by molar-refractivity contribution is 9.10. The van der Waals surface area contributed by atoms with E-state index in [4.69, 9.17) is 0 Å². The van der Waals surface area contributed by atoms with Crippen molar-refractivity contribution in [3.8, 4) is 0 Å². The molecule has 0 aromatic heterocycles. The van der Waals surface area contributed by atoms with E-state index in [9.17, 15) is 0 Å². The van der Waals surface area contributed by atoms with Gasteiger partial charge in [-0.2, -0.15) is 11.8 Å². The summed E-state index contributed by atoms with van der Waals surface area (Å²) in [5, 5.41) is 4.38. The van der Waals surface area contributed by atoms with Crippen molar-refractivity contribution in [1.29, 1.82) is 0 Å². The summed E-state index contributed by atoms with van der Waals surface area (Å²) in [6.45, 7) is 3.46. The molecule has 0 amide bonds. The van der Waals surface area contributed by atoms with Gasteiger partial charge in [-0.1, -0.05) is 35.7 Å². The van der Waals surface area contributed by atoms with Gasteiger partial charge in [-0.15, -0.1) is 0 Å². The fourth-order valence-electron chi connectivity index (χ4n) is 2.52. The third-order valence-electron chi connectivity index (χ3n) is 3.52. The van der Waals surface area contributed by atoms with Crippen LogP contribution in [0.4, 0.5) is 5.69 Å². The monoisotopic (exact) mass is 327 g/mol. The summed E-state index contributed by atoms with van der Waals surface area (Å²) in [7, 11) is 0. The summed E-state index contributed by atoms with van der Waals surface area (Å²) < 4.78 is 1.14. The molecule has 18 heavy (non-hydrogen) atoms. The topological polar surface area (TPSA) is 12.0 Å². The van der Waals surface area contributed by atoms with E-state index in [1.807, 2.05) is 0 Å². The molecule has 2 rings (SSSR count). The van der Waals surface area contributed by atoms with E-state index in [0.717, 1.165) is 22.2 Å². The van der Waals surface area contributed by atoms with Gasteiger partial charge in [0.1, 0.15) is 0 Å². The number of hydrogen-bond donors (Lipinski definition) is 1. The number of benzene rings is 1. The van der Waals surface area contributed by atoms with Gasteiger partial charge in [0.25, 0.3) is 0 Å². The Bertz CT molecular complexity index is 352. The number of thioether (sulfide) groups is 1. The Labute approximate surface area is 123 Å². The van der Waals surface area contributed by atoms with Crippen molar-refractivity contribution in [3.63, 3.8) is 0 Å². The minimum absolute atomic E-state index is 0.903. The fourth-order valence-corrected chi connectivity index (χ4v) is 4.13. The third kappa shape index (κ3) is 4.85. The normalized spacial score (nSPS) is 23.9. The maximum Gasteiger partial charge on any atom is 0.0341 e. The van der Waals surface area contributed by atoms with Crippen molar-refractivity contribution >= 4 is 33.4 Å². The van der Waals surface area contributed by atoms with Crippen LogP contribution in [0, 0.1) is 5.92 Å². The molecular formula is C15H22BrNS. The van der Waals surface area contributed by atoms with E-state index in [0.29, 0.717) is 0 Å². The summed E-state index contributed by atoms with van der Waals surface area (Å²) >= 11 is 5.60. The van der Waals surface area contributed by atoms with Gasteiger partial charge in [-0.25, -0.2) is 0 Å². The van der Waals surface area contributed by atoms with Crippen LogP contribution in [-0.4, -0.2) is 17.5 Å². The van der Waals surface area contributed by atoms with E-state index in [1.165, 1.54) is 37.1 Å². The molecule has 100 valence electrons. The zero-order valence-electron chi connectivity index (χ0n) is 11.0. The summed E-state index contributed by atoms with van der Waals surface area (Å²) in [4.78, 5) is 0. The molecule has 2 atom stereocenters. The molecule has 0 saturated heterocycles. The Morgan fingerprint density at radius 1 is 1.28 bits per heavy atom. The van der Waals surface area contributed by atoms with Crippen LogP contribution in [0.3, 0.4) is 0 Å². The molecule has 2 unspecified atom stereocenters. The SMILES string of the molecule is CC1CCCC(SCCNc2ccc(Br)cc2)C1. The molecule has 3 heteroatoms. The average molecular weight is 328 g/mol. The second-order valence-electron chi connectivity index (χ2n) is 5.20. The third-order valence-corrected chi connectivity index (χ3v) is 5.39. The summed E-state index contributed by atoms with van der Waals surface area (Å²) in [6, 6.07) is 8.41. The first-order valence-electron chi connectivity index (χ1n) is 6.85. The number of anilines is 1. The van der Waals surface area contributed by atoms with E-state index >= 15 is 0 Å². The van der Waals surface area contributed by atoms with E-state index < -0.39 is 0 Å². The highest BCUT2D eigenvalue weighted by atomic mass is 79.9. The molecule has 1 aliphatic carbocycles. The van der Waals surface area contributed by atoms with Crippen molar-refractivity contribution in [2.75, 3.05) is 17.6 Å². The second-order valence-corrected chi connectivity index (χ2v) is 7.52. The Morgan fingerprint density at radius 3 is 2.78 bits per heavy atom. The van der Waals surface area contributed by atoms with Gasteiger partial charge in [0, 0.05) is 27.7 Å². The molecule has 0 spiro atoms. The smallest absolute Gasteiger partial charge is 0.0341 e. The summed E-state index contributed by atoms with van der Waals surface area (Å²) in [5.74, 6) is 2.16. The number of rotatable bonds is 5. The van der Waals surface area contributed by atoms with Crippen LogP contribution in [0.2, 0.25) is 0 Å². The molecule has 1 N–H and O–H groups in total. The first-order valence-corrected chi connectivity index (χ1v) is 8.69. The van der Waals surface area contributed by atoms with Crippen molar-refractivity contribution in [1.82, 2.24) is 0 Å². The van der Waals surface area contributed by atoms with Gasteiger partial charge >= 0.3 is 0 Å². The highest BCUT2D eigenvalue weighted by Gasteiger charge is 2.18. The number of hydrogen-bond acceptors (Lipinski definition) is 2. The molecule has 1 aromatic rings. The standard InChI is InChI=1S/C15H22BrNS/c1-12-3-2-4-15(11-12)18-10-9-17-14-7-5-13(16)6-8-14/h5-8,12,15,17H,2-4,9-11H2,1H3. The lowest BCUT2D eigenvalue weighted by molar-refractivity contribution is 0.394. The zero-order valence-corrected chi connectivity index (χ0v) is 13.4. The number of nitrogens with one attached hydrogen (secondary N) is 1. The lowest BCUT2D eigenvalue weighted by Crippen LogP contribution is -2.17. The first kappa shape index (κ1) is 14.3. The van der Waals surface area contributed by atoms with Crippen LogP contribution < -0.4 is 5.32 Å². The maximum absolute atomic E-state index is 3.48. The highest BCUT2D eigenvalue weighted by Crippen LogP contribution is 2.31. The lowest BCUT2D eigenvalue weighted by Gasteiger charge is -2.26. The number of halogens is 1. The Balaban J connectivity index is 1.62. The van der Waals surface area contributed by atoms with Crippen LogP contribution in [-0.2, 0) is 0 Å². The van der Waals surface area contributed by atoms with Gasteiger partial charge in [0.05, 0.1) is 0 Å². The predicted octanol–water partition coefficient (Wildman–Crippen LogP) is 5.17. The largest absolute Gasteiger partial charge is 0.384 e. The quantitative estimate of drug-likeness (QED) is 0.748. The molecule has 1 aromatic carbocycles. The molecule has 1 nitrogen and oxygen atoms in total. The summed E-state index contributed by atoms with van der Waals surface area (Å²) in [6.07, 6.45) is 5.71. The molecule has 0 bridgehead atoms. The van der Waals surface area contributed by atoms with Crippen molar-refractivity contribution in [3.05, 3.63) is 28.7 Å². The van der Waals surface area contributed by atoms with Crippen LogP contribution in [0.25, 0.3) is 0 Å². The molecule has 1 saturated carbocycles. The van der Waals surface area contributed by atoms with Gasteiger partial charge in [0.15, 0.2) is 0 Å². The Kier molecular flexibility index (Phi) is 5.90. The van der Waals surface area contributed by atoms with Gasteiger partial charge in [-0.05, 0) is 43.0 Å². The zero-order chi connectivity index (χ0) is 12.8. The van der Waals surface area contributed by atoms with Crippen molar-refractivity contribution in [2.24, 2.45) is 5.92 Å². The average Bonchev–Trinajstić information content (AvgIpc) is 2.37. The minimum atomic E-state index is 0.903. The molecule has 1 fully saturated rings. The predicted molar refractivity (Wildman–Crippen MR) is 86.5 cm³/mol.